The van der Waals surface area contributed by atoms with Crippen LogP contribution in [0.1, 0.15) is 101 Å². The molecule has 0 radical (unpaired) electrons. The number of aromatic hydroxyl groups is 6. The van der Waals surface area contributed by atoms with Crippen LogP contribution in [0.25, 0.3) is 0 Å². The molecule has 0 aliphatic heterocycles. The molecule has 0 saturated carbocycles. The summed E-state index contributed by atoms with van der Waals surface area (Å²) in [7, 11) is 0. The second-order valence-corrected chi connectivity index (χ2v) is 14.5. The van der Waals surface area contributed by atoms with Crippen molar-refractivity contribution < 1.29 is 30.6 Å². The van der Waals surface area contributed by atoms with Gasteiger partial charge in [-0.1, -0.05) is 48.5 Å². The molecule has 0 aliphatic rings. The molecule has 0 atom stereocenters. The van der Waals surface area contributed by atoms with Crippen LogP contribution in [0, 0.1) is 55.4 Å². The van der Waals surface area contributed by atoms with Crippen molar-refractivity contribution in [2.24, 2.45) is 0 Å². The van der Waals surface area contributed by atoms with Crippen molar-refractivity contribution in [2.45, 2.75) is 73.6 Å². The first-order valence-corrected chi connectivity index (χ1v) is 17.9. The Balaban J connectivity index is 1.50. The Morgan fingerprint density at radius 2 is 0.547 bits per heavy atom. The SMILES string of the molecule is Cc1c(O)ccc(C(c2cc(Cc3ccc(O)c(C(c4ccc(O)c(C)c4C)c4ccc(O)c(C)c4C)c3)ccc2O)c2ccc(O)c(C)c2C)c1C. The minimum absolute atomic E-state index is 0.136. The number of rotatable bonds is 8. The predicted octanol–water partition coefficient (Wildman–Crippen LogP) is 10.3. The maximum Gasteiger partial charge on any atom is 0.119 e. The van der Waals surface area contributed by atoms with Crippen molar-refractivity contribution in [3.63, 3.8) is 0 Å². The van der Waals surface area contributed by atoms with Gasteiger partial charge in [0.05, 0.1) is 0 Å². The van der Waals surface area contributed by atoms with E-state index in [0.717, 1.165) is 77.9 Å². The first-order chi connectivity index (χ1) is 25.1. The lowest BCUT2D eigenvalue weighted by Gasteiger charge is -2.26. The molecule has 6 aromatic carbocycles. The molecule has 0 bridgehead atoms. The highest BCUT2D eigenvalue weighted by Gasteiger charge is 2.28. The smallest absolute Gasteiger partial charge is 0.119 e. The van der Waals surface area contributed by atoms with E-state index in [9.17, 15) is 30.6 Å². The summed E-state index contributed by atoms with van der Waals surface area (Å²) in [6.45, 7) is 15.4. The summed E-state index contributed by atoms with van der Waals surface area (Å²) < 4.78 is 0. The van der Waals surface area contributed by atoms with Gasteiger partial charge in [0, 0.05) is 23.0 Å². The van der Waals surface area contributed by atoms with Gasteiger partial charge in [-0.05, 0) is 176 Å². The Labute approximate surface area is 311 Å². The van der Waals surface area contributed by atoms with E-state index in [1.165, 1.54) is 0 Å². The van der Waals surface area contributed by atoms with E-state index in [4.69, 9.17) is 0 Å². The predicted molar refractivity (Wildman–Crippen MR) is 211 cm³/mol. The quantitative estimate of drug-likeness (QED) is 0.0876. The molecular formula is C47H48O6. The Bertz CT molecular complexity index is 2110. The average molecular weight is 709 g/mol. The van der Waals surface area contributed by atoms with Crippen molar-refractivity contribution in [2.75, 3.05) is 0 Å². The topological polar surface area (TPSA) is 121 Å². The summed E-state index contributed by atoms with van der Waals surface area (Å²) in [5, 5.41) is 65.1. The molecule has 0 aromatic heterocycles. The van der Waals surface area contributed by atoms with Gasteiger partial charge in [0.1, 0.15) is 34.5 Å². The third-order valence-corrected chi connectivity index (χ3v) is 11.7. The standard InChI is InChI=1S/C47H48O6/c1-24-28(5)40(48)17-11-34(24)46(35-12-18-41(49)29(6)25(35)2)38-22-32(9-15-44(38)52)21-33-10-16-45(53)39(23-33)47(36-13-19-42(50)30(7)26(36)3)37-14-20-43(51)31(8)27(37)4/h9-20,22-23,46-53H,21H2,1-8H3. The Morgan fingerprint density at radius 3 is 0.811 bits per heavy atom. The van der Waals surface area contributed by atoms with Crippen molar-refractivity contribution >= 4 is 0 Å². The summed E-state index contributed by atoms with van der Waals surface area (Å²) in [6, 6.07) is 25.7. The van der Waals surface area contributed by atoms with Crippen LogP contribution in [-0.4, -0.2) is 30.6 Å². The molecule has 0 spiro atoms. The van der Waals surface area contributed by atoms with E-state index in [2.05, 4.69) is 0 Å². The normalized spacial score (nSPS) is 11.5. The number of benzene rings is 6. The molecule has 53 heavy (non-hydrogen) atoms. The van der Waals surface area contributed by atoms with E-state index in [1.807, 2.05) is 104 Å². The molecule has 6 rings (SSSR count). The number of hydrogen-bond donors (Lipinski definition) is 6. The van der Waals surface area contributed by atoms with Crippen molar-refractivity contribution in [1.29, 1.82) is 0 Å². The van der Waals surface area contributed by atoms with Gasteiger partial charge in [0.15, 0.2) is 0 Å². The third-order valence-electron chi connectivity index (χ3n) is 11.7. The summed E-state index contributed by atoms with van der Waals surface area (Å²) >= 11 is 0. The highest BCUT2D eigenvalue weighted by molar-refractivity contribution is 5.60. The second-order valence-electron chi connectivity index (χ2n) is 14.5. The molecule has 0 unspecified atom stereocenters. The molecule has 0 aliphatic carbocycles. The van der Waals surface area contributed by atoms with Gasteiger partial charge in [0.25, 0.3) is 0 Å². The van der Waals surface area contributed by atoms with E-state index in [1.54, 1.807) is 36.4 Å². The van der Waals surface area contributed by atoms with Gasteiger partial charge in [-0.15, -0.1) is 0 Å². The molecule has 272 valence electrons. The monoisotopic (exact) mass is 708 g/mol. The van der Waals surface area contributed by atoms with E-state index in [0.29, 0.717) is 17.5 Å². The van der Waals surface area contributed by atoms with Crippen LogP contribution >= 0.6 is 0 Å². The highest BCUT2D eigenvalue weighted by Crippen LogP contribution is 2.45. The molecule has 0 saturated heterocycles. The lowest BCUT2D eigenvalue weighted by atomic mass is 9.78. The lowest BCUT2D eigenvalue weighted by molar-refractivity contribution is 0.464. The Morgan fingerprint density at radius 1 is 0.302 bits per heavy atom. The van der Waals surface area contributed by atoms with Gasteiger partial charge in [-0.2, -0.15) is 0 Å². The highest BCUT2D eigenvalue weighted by atomic mass is 16.3. The van der Waals surface area contributed by atoms with Gasteiger partial charge < -0.3 is 30.6 Å². The fraction of sp³-hybridized carbons (Fsp3) is 0.234. The average Bonchev–Trinajstić information content (AvgIpc) is 3.13. The minimum Gasteiger partial charge on any atom is -0.508 e. The maximum absolute atomic E-state index is 11.5. The fourth-order valence-corrected chi connectivity index (χ4v) is 7.69. The van der Waals surface area contributed by atoms with Crippen LogP contribution in [0.5, 0.6) is 34.5 Å². The number of phenols is 6. The summed E-state index contributed by atoms with van der Waals surface area (Å²) in [6.07, 6.45) is 0.502. The van der Waals surface area contributed by atoms with E-state index < -0.39 is 11.8 Å². The minimum atomic E-state index is -0.394. The molecule has 6 N–H and O–H groups in total. The van der Waals surface area contributed by atoms with Crippen LogP contribution in [0.2, 0.25) is 0 Å². The molecule has 0 amide bonds. The Hall–Kier alpha value is -5.88. The zero-order valence-electron chi connectivity index (χ0n) is 31.6. The van der Waals surface area contributed by atoms with Crippen molar-refractivity contribution in [3.05, 3.63) is 174 Å². The molecule has 0 fully saturated rings. The van der Waals surface area contributed by atoms with Crippen LogP contribution in [0.4, 0.5) is 0 Å². The molecular weight excluding hydrogens is 661 g/mol. The van der Waals surface area contributed by atoms with Crippen LogP contribution in [0.15, 0.2) is 84.9 Å². The molecule has 0 heterocycles. The number of hydrogen-bond acceptors (Lipinski definition) is 6. The van der Waals surface area contributed by atoms with Gasteiger partial charge in [-0.3, -0.25) is 0 Å². The summed E-state index contributed by atoms with van der Waals surface area (Å²) in [5.74, 6) is 0.312. The number of phenolic OH excluding ortho intramolecular Hbond substituents is 6. The zero-order chi connectivity index (χ0) is 38.5. The van der Waals surface area contributed by atoms with Crippen LogP contribution in [0.3, 0.4) is 0 Å². The fourth-order valence-electron chi connectivity index (χ4n) is 7.69. The summed E-state index contributed by atoms with van der Waals surface area (Å²) in [4.78, 5) is 0. The van der Waals surface area contributed by atoms with Crippen LogP contribution < -0.4 is 0 Å². The largest absolute Gasteiger partial charge is 0.508 e. The van der Waals surface area contributed by atoms with E-state index in [-0.39, 0.29) is 34.5 Å². The van der Waals surface area contributed by atoms with Gasteiger partial charge >= 0.3 is 0 Å². The van der Waals surface area contributed by atoms with Crippen molar-refractivity contribution in [3.8, 4) is 34.5 Å². The first kappa shape index (κ1) is 36.9. The molecule has 6 aromatic rings. The van der Waals surface area contributed by atoms with Crippen LogP contribution in [-0.2, 0) is 6.42 Å². The lowest BCUT2D eigenvalue weighted by Crippen LogP contribution is -2.10. The second kappa shape index (κ2) is 14.3. The zero-order valence-corrected chi connectivity index (χ0v) is 31.6. The first-order valence-electron chi connectivity index (χ1n) is 17.9. The molecule has 6 nitrogen and oxygen atoms in total. The van der Waals surface area contributed by atoms with Crippen molar-refractivity contribution in [1.82, 2.24) is 0 Å². The summed E-state index contributed by atoms with van der Waals surface area (Å²) in [5.41, 5.74) is 13.8. The third kappa shape index (κ3) is 6.66. The van der Waals surface area contributed by atoms with Gasteiger partial charge in [0.2, 0.25) is 0 Å². The Kier molecular flexibility index (Phi) is 9.93. The molecule has 6 heteroatoms. The maximum atomic E-state index is 11.5. The van der Waals surface area contributed by atoms with E-state index >= 15 is 0 Å². The van der Waals surface area contributed by atoms with Gasteiger partial charge in [-0.25, -0.2) is 0 Å².